The number of methoxy groups -OCH3 is 1. The van der Waals surface area contributed by atoms with Crippen LogP contribution in [-0.2, 0) is 20.7 Å². The smallest absolute Gasteiger partial charge is 0.309 e. The van der Waals surface area contributed by atoms with E-state index in [2.05, 4.69) is 11.4 Å². The van der Waals surface area contributed by atoms with Crippen molar-refractivity contribution in [1.82, 2.24) is 15.3 Å². The van der Waals surface area contributed by atoms with E-state index in [-0.39, 0.29) is 11.9 Å². The summed E-state index contributed by atoms with van der Waals surface area (Å²) in [4.78, 5) is 36.9. The maximum Gasteiger partial charge on any atom is 0.309 e. The van der Waals surface area contributed by atoms with Crippen LogP contribution in [0.2, 0.25) is 0 Å². The zero-order chi connectivity index (χ0) is 26.2. The summed E-state index contributed by atoms with van der Waals surface area (Å²) in [6.45, 7) is 3.65. The van der Waals surface area contributed by atoms with Crippen LogP contribution in [0, 0.1) is 17.2 Å². The minimum absolute atomic E-state index is 0.166. The molecule has 9 heteroatoms. The lowest BCUT2D eigenvalue weighted by Crippen LogP contribution is -2.39. The second-order valence-electron chi connectivity index (χ2n) is 8.89. The fraction of sp³-hybridized carbons (Fsp3) is 0.393. The van der Waals surface area contributed by atoms with Crippen LogP contribution in [0.1, 0.15) is 36.9 Å². The lowest BCUT2D eigenvalue weighted by molar-refractivity contribution is -0.148. The molecule has 0 unspecified atom stereocenters. The van der Waals surface area contributed by atoms with E-state index >= 15 is 0 Å². The van der Waals surface area contributed by atoms with Gasteiger partial charge < -0.3 is 19.7 Å². The topological polar surface area (TPSA) is 117 Å². The fourth-order valence-electron chi connectivity index (χ4n) is 4.49. The molecule has 1 aliphatic rings. The molecule has 37 heavy (non-hydrogen) atoms. The molecule has 9 nitrogen and oxygen atoms in total. The summed E-state index contributed by atoms with van der Waals surface area (Å²) >= 11 is 0. The van der Waals surface area contributed by atoms with Crippen molar-refractivity contribution in [1.29, 1.82) is 5.26 Å². The van der Waals surface area contributed by atoms with Crippen LogP contribution >= 0.6 is 0 Å². The predicted molar refractivity (Wildman–Crippen MR) is 139 cm³/mol. The minimum atomic E-state index is -1.12. The molecule has 1 saturated heterocycles. The molecular weight excluding hydrogens is 470 g/mol. The molecule has 0 spiro atoms. The molecule has 0 aliphatic carbocycles. The summed E-state index contributed by atoms with van der Waals surface area (Å²) < 4.78 is 10.4. The van der Waals surface area contributed by atoms with Crippen molar-refractivity contribution in [2.24, 2.45) is 5.92 Å². The fourth-order valence-corrected chi connectivity index (χ4v) is 4.49. The van der Waals surface area contributed by atoms with Crippen LogP contribution < -0.4 is 15.0 Å². The van der Waals surface area contributed by atoms with Crippen molar-refractivity contribution in [3.63, 3.8) is 0 Å². The maximum atomic E-state index is 13.1. The molecule has 192 valence electrons. The van der Waals surface area contributed by atoms with E-state index in [1.165, 1.54) is 0 Å². The summed E-state index contributed by atoms with van der Waals surface area (Å²) in [5.74, 6) is -0.600. The van der Waals surface area contributed by atoms with E-state index < -0.39 is 11.8 Å². The number of carbonyl (C=O) groups is 2. The van der Waals surface area contributed by atoms with Gasteiger partial charge in [-0.1, -0.05) is 24.3 Å². The lowest BCUT2D eigenvalue weighted by atomic mass is 9.96. The normalized spacial score (nSPS) is 14.6. The Labute approximate surface area is 216 Å². The van der Waals surface area contributed by atoms with Crippen molar-refractivity contribution in [2.75, 3.05) is 38.3 Å². The molecule has 1 aliphatic heterocycles. The zero-order valence-corrected chi connectivity index (χ0v) is 21.1. The average Bonchev–Trinajstić information content (AvgIpc) is 2.93. The number of piperidine rings is 1. The first-order chi connectivity index (χ1) is 18.0. The van der Waals surface area contributed by atoms with Gasteiger partial charge in [-0.2, -0.15) is 5.26 Å². The van der Waals surface area contributed by atoms with Crippen molar-refractivity contribution in [2.45, 2.75) is 32.1 Å². The number of benzene rings is 2. The third-order valence-corrected chi connectivity index (χ3v) is 6.53. The Morgan fingerprint density at radius 3 is 2.41 bits per heavy atom. The van der Waals surface area contributed by atoms with Crippen molar-refractivity contribution < 1.29 is 19.1 Å². The molecule has 1 fully saturated rings. The Morgan fingerprint density at radius 1 is 1.11 bits per heavy atom. The second-order valence-corrected chi connectivity index (χ2v) is 8.89. The van der Waals surface area contributed by atoms with Gasteiger partial charge >= 0.3 is 5.97 Å². The van der Waals surface area contributed by atoms with E-state index in [1.54, 1.807) is 14.0 Å². The number of fused-ring (bicyclic) bond motifs is 1. The number of aromatic nitrogens is 2. The molecule has 3 aromatic rings. The predicted octanol–water partition coefficient (Wildman–Crippen LogP) is 3.38. The number of hydrogen-bond acceptors (Lipinski definition) is 8. The molecule has 0 radical (unpaired) electrons. The third kappa shape index (κ3) is 6.15. The summed E-state index contributed by atoms with van der Waals surface area (Å²) in [6, 6.07) is 17.2. The summed E-state index contributed by atoms with van der Waals surface area (Å²) in [5, 5.41) is 12.9. The highest BCUT2D eigenvalue weighted by Crippen LogP contribution is 2.30. The number of amides is 1. The number of esters is 1. The number of nitrogens with one attached hydrogen (secondary N) is 1. The molecule has 0 bridgehead atoms. The van der Waals surface area contributed by atoms with E-state index in [0.29, 0.717) is 68.0 Å². The zero-order valence-electron chi connectivity index (χ0n) is 21.1. The van der Waals surface area contributed by atoms with Crippen molar-refractivity contribution in [3.8, 4) is 11.8 Å². The van der Waals surface area contributed by atoms with Gasteiger partial charge in [0.25, 0.3) is 0 Å². The molecule has 1 aromatic heterocycles. The van der Waals surface area contributed by atoms with Crippen LogP contribution in [0.15, 0.2) is 48.5 Å². The average molecular weight is 502 g/mol. The highest BCUT2D eigenvalue weighted by Gasteiger charge is 2.32. The summed E-state index contributed by atoms with van der Waals surface area (Å²) in [6.07, 6.45) is 1.83. The Morgan fingerprint density at radius 2 is 1.78 bits per heavy atom. The van der Waals surface area contributed by atoms with Gasteiger partial charge in [-0.15, -0.1) is 0 Å². The lowest BCUT2D eigenvalue weighted by Gasteiger charge is -2.33. The summed E-state index contributed by atoms with van der Waals surface area (Å²) in [5.41, 5.74) is 2.68. The first-order valence-corrected chi connectivity index (χ1v) is 12.5. The van der Waals surface area contributed by atoms with Crippen LogP contribution in [0.4, 0.5) is 5.82 Å². The van der Waals surface area contributed by atoms with Crippen LogP contribution in [0.5, 0.6) is 5.75 Å². The largest absolute Gasteiger partial charge is 0.497 e. The Bertz CT molecular complexity index is 1280. The second kappa shape index (κ2) is 12.2. The highest BCUT2D eigenvalue weighted by molar-refractivity contribution is 5.89. The van der Waals surface area contributed by atoms with Gasteiger partial charge in [0, 0.05) is 19.6 Å². The number of ether oxygens (including phenoxy) is 2. The Kier molecular flexibility index (Phi) is 8.52. The minimum Gasteiger partial charge on any atom is -0.497 e. The standard InChI is InChI=1S/C28H31N5O4/c1-3-37-28(35)20-13-16-33(17-14-20)26-25(31-23-6-4-5-7-24(23)32-26)22(18-29)27(34)30-15-12-19-8-10-21(36-2)11-9-19/h4-11,20,22H,3,12-17H2,1-2H3,(H,30,34)/t22-/m1/s1. The number of rotatable bonds is 9. The first-order valence-electron chi connectivity index (χ1n) is 12.5. The van der Waals surface area contributed by atoms with Gasteiger partial charge in [-0.3, -0.25) is 9.59 Å². The number of carbonyl (C=O) groups excluding carboxylic acids is 2. The van der Waals surface area contributed by atoms with Gasteiger partial charge in [-0.25, -0.2) is 9.97 Å². The number of nitrogens with zero attached hydrogens (tertiary/aromatic N) is 4. The molecule has 1 atom stereocenters. The Hall–Kier alpha value is -4.19. The molecule has 4 rings (SSSR count). The Balaban J connectivity index is 1.52. The van der Waals surface area contributed by atoms with Gasteiger partial charge in [0.2, 0.25) is 5.91 Å². The quantitative estimate of drug-likeness (QED) is 0.444. The highest BCUT2D eigenvalue weighted by atomic mass is 16.5. The summed E-state index contributed by atoms with van der Waals surface area (Å²) in [7, 11) is 1.61. The SMILES string of the molecule is CCOC(=O)C1CCN(c2nc3ccccc3nc2[C@@H](C#N)C(=O)NCCc2ccc(OC)cc2)CC1. The molecule has 1 amide bonds. The van der Waals surface area contributed by atoms with Crippen LogP contribution in [-0.4, -0.2) is 55.2 Å². The van der Waals surface area contributed by atoms with Crippen LogP contribution in [0.3, 0.4) is 0 Å². The molecule has 1 N–H and O–H groups in total. The van der Waals surface area contributed by atoms with Gasteiger partial charge in [-0.05, 0) is 56.0 Å². The number of hydrogen-bond donors (Lipinski definition) is 1. The monoisotopic (exact) mass is 501 g/mol. The van der Waals surface area contributed by atoms with E-state index in [1.807, 2.05) is 53.4 Å². The van der Waals surface area contributed by atoms with Crippen LogP contribution in [0.25, 0.3) is 11.0 Å². The third-order valence-electron chi connectivity index (χ3n) is 6.53. The molecule has 2 aromatic carbocycles. The van der Waals surface area contributed by atoms with Gasteiger partial charge in [0.1, 0.15) is 11.4 Å². The number of nitriles is 1. The van der Waals surface area contributed by atoms with E-state index in [4.69, 9.17) is 19.4 Å². The molecular formula is C28H31N5O4. The van der Waals surface area contributed by atoms with Crippen molar-refractivity contribution >= 4 is 28.7 Å². The number of anilines is 1. The molecule has 0 saturated carbocycles. The van der Waals surface area contributed by atoms with Gasteiger partial charge in [0.05, 0.1) is 36.7 Å². The van der Waals surface area contributed by atoms with E-state index in [0.717, 1.165) is 11.3 Å². The number of para-hydroxylation sites is 2. The molecule has 2 heterocycles. The van der Waals surface area contributed by atoms with Crippen molar-refractivity contribution in [3.05, 3.63) is 59.8 Å². The maximum absolute atomic E-state index is 13.1. The van der Waals surface area contributed by atoms with Gasteiger partial charge in [0.15, 0.2) is 11.7 Å². The van der Waals surface area contributed by atoms with E-state index in [9.17, 15) is 14.9 Å². The first kappa shape index (κ1) is 25.9.